The zero-order valence-electron chi connectivity index (χ0n) is 19.5. The SMILES string of the molecule is Cc1ccc(S(=O)(=O)N(CC(=O)Nc2ccc(Oc3ccccc3)cc2)c2cccc(C)c2)cc1. The van der Waals surface area contributed by atoms with Crippen molar-refractivity contribution in [2.45, 2.75) is 18.7 Å². The number of rotatable bonds is 8. The third-order valence-electron chi connectivity index (χ3n) is 5.30. The molecule has 0 aromatic heterocycles. The Labute approximate surface area is 205 Å². The summed E-state index contributed by atoms with van der Waals surface area (Å²) < 4.78 is 33.9. The molecule has 1 N–H and O–H groups in total. The van der Waals surface area contributed by atoms with Crippen molar-refractivity contribution >= 4 is 27.3 Å². The number of carbonyl (C=O) groups is 1. The predicted molar refractivity (Wildman–Crippen MR) is 138 cm³/mol. The van der Waals surface area contributed by atoms with Crippen molar-refractivity contribution in [2.24, 2.45) is 0 Å². The van der Waals surface area contributed by atoms with E-state index in [4.69, 9.17) is 4.74 Å². The molecule has 0 saturated carbocycles. The fraction of sp³-hybridized carbons (Fsp3) is 0.107. The van der Waals surface area contributed by atoms with E-state index in [1.807, 2.05) is 50.2 Å². The molecule has 0 aliphatic heterocycles. The number of benzene rings is 4. The lowest BCUT2D eigenvalue weighted by Crippen LogP contribution is -2.38. The average Bonchev–Trinajstić information content (AvgIpc) is 2.84. The first-order valence-electron chi connectivity index (χ1n) is 11.1. The molecule has 0 radical (unpaired) electrons. The van der Waals surface area contributed by atoms with E-state index < -0.39 is 15.9 Å². The van der Waals surface area contributed by atoms with Gasteiger partial charge >= 0.3 is 0 Å². The number of anilines is 2. The van der Waals surface area contributed by atoms with Crippen LogP contribution in [0.5, 0.6) is 11.5 Å². The Balaban J connectivity index is 1.53. The van der Waals surface area contributed by atoms with Gasteiger partial charge in [-0.05, 0) is 80.1 Å². The van der Waals surface area contributed by atoms with Gasteiger partial charge < -0.3 is 10.1 Å². The van der Waals surface area contributed by atoms with Crippen LogP contribution >= 0.6 is 0 Å². The lowest BCUT2D eigenvalue weighted by atomic mass is 10.2. The third-order valence-corrected chi connectivity index (χ3v) is 7.09. The quantitative estimate of drug-likeness (QED) is 0.335. The summed E-state index contributed by atoms with van der Waals surface area (Å²) in [4.78, 5) is 13.1. The molecule has 0 unspecified atom stereocenters. The van der Waals surface area contributed by atoms with Crippen LogP contribution in [0.3, 0.4) is 0 Å². The molecule has 6 nitrogen and oxygen atoms in total. The molecule has 0 bridgehead atoms. The van der Waals surface area contributed by atoms with Crippen LogP contribution in [0.2, 0.25) is 0 Å². The predicted octanol–water partition coefficient (Wildman–Crippen LogP) is 5.93. The van der Waals surface area contributed by atoms with Gasteiger partial charge in [0.05, 0.1) is 10.6 Å². The molecule has 7 heteroatoms. The lowest BCUT2D eigenvalue weighted by molar-refractivity contribution is -0.114. The van der Waals surface area contributed by atoms with E-state index in [2.05, 4.69) is 5.32 Å². The minimum Gasteiger partial charge on any atom is -0.457 e. The fourth-order valence-electron chi connectivity index (χ4n) is 3.50. The number of ether oxygens (including phenoxy) is 1. The van der Waals surface area contributed by atoms with Crippen molar-refractivity contribution in [1.82, 2.24) is 0 Å². The van der Waals surface area contributed by atoms with Crippen LogP contribution in [-0.4, -0.2) is 20.9 Å². The first-order chi connectivity index (χ1) is 16.8. The maximum atomic E-state index is 13.5. The Kier molecular flexibility index (Phi) is 7.17. The zero-order valence-corrected chi connectivity index (χ0v) is 20.3. The van der Waals surface area contributed by atoms with Crippen LogP contribution in [0.15, 0.2) is 108 Å². The molecule has 0 aliphatic rings. The lowest BCUT2D eigenvalue weighted by Gasteiger charge is -2.24. The summed E-state index contributed by atoms with van der Waals surface area (Å²) in [6.45, 7) is 3.39. The Morgan fingerprint density at radius 3 is 2.09 bits per heavy atom. The number of carbonyl (C=O) groups excluding carboxylic acids is 1. The van der Waals surface area contributed by atoms with Crippen LogP contribution in [0.25, 0.3) is 0 Å². The van der Waals surface area contributed by atoms with Crippen molar-refractivity contribution in [3.05, 3.63) is 114 Å². The molecular weight excluding hydrogens is 460 g/mol. The maximum Gasteiger partial charge on any atom is 0.264 e. The number of aryl methyl sites for hydroxylation is 2. The van der Waals surface area contributed by atoms with Crippen LogP contribution in [0.1, 0.15) is 11.1 Å². The second-order valence-corrected chi connectivity index (χ2v) is 10.0. The van der Waals surface area contributed by atoms with E-state index in [1.54, 1.807) is 66.7 Å². The van der Waals surface area contributed by atoms with Gasteiger partial charge in [-0.3, -0.25) is 9.10 Å². The highest BCUT2D eigenvalue weighted by Gasteiger charge is 2.27. The molecule has 0 heterocycles. The monoisotopic (exact) mass is 486 g/mol. The Hall–Kier alpha value is -4.10. The largest absolute Gasteiger partial charge is 0.457 e. The Morgan fingerprint density at radius 2 is 1.43 bits per heavy atom. The number of nitrogens with one attached hydrogen (secondary N) is 1. The van der Waals surface area contributed by atoms with E-state index in [9.17, 15) is 13.2 Å². The van der Waals surface area contributed by atoms with Gasteiger partial charge in [0.1, 0.15) is 18.0 Å². The van der Waals surface area contributed by atoms with E-state index in [0.717, 1.165) is 15.4 Å². The molecule has 0 spiro atoms. The van der Waals surface area contributed by atoms with Crippen molar-refractivity contribution < 1.29 is 17.9 Å². The summed E-state index contributed by atoms with van der Waals surface area (Å²) in [7, 11) is -3.96. The average molecular weight is 487 g/mol. The molecule has 4 aromatic rings. The molecule has 0 saturated heterocycles. The van der Waals surface area contributed by atoms with Gasteiger partial charge in [-0.15, -0.1) is 0 Å². The zero-order chi connectivity index (χ0) is 24.8. The van der Waals surface area contributed by atoms with Crippen molar-refractivity contribution in [1.29, 1.82) is 0 Å². The third kappa shape index (κ3) is 6.07. The molecule has 35 heavy (non-hydrogen) atoms. The topological polar surface area (TPSA) is 75.7 Å². The summed E-state index contributed by atoms with van der Waals surface area (Å²) >= 11 is 0. The normalized spacial score (nSPS) is 11.0. The van der Waals surface area contributed by atoms with Gasteiger partial charge in [0.15, 0.2) is 0 Å². The van der Waals surface area contributed by atoms with Gasteiger partial charge in [0.2, 0.25) is 5.91 Å². The minimum atomic E-state index is -3.96. The fourth-order valence-corrected chi connectivity index (χ4v) is 4.91. The van der Waals surface area contributed by atoms with Gasteiger partial charge in [-0.25, -0.2) is 8.42 Å². The molecular formula is C28H26N2O4S. The standard InChI is InChI=1S/C28H26N2O4S/c1-21-11-17-27(18-12-21)35(32,33)30(24-8-6-7-22(2)19-24)20-28(31)29-23-13-15-26(16-14-23)34-25-9-4-3-5-10-25/h3-19H,20H2,1-2H3,(H,29,31). The van der Waals surface area contributed by atoms with E-state index >= 15 is 0 Å². The highest BCUT2D eigenvalue weighted by molar-refractivity contribution is 7.92. The Bertz CT molecular complexity index is 1400. The van der Waals surface area contributed by atoms with Gasteiger partial charge in [0.25, 0.3) is 10.0 Å². The van der Waals surface area contributed by atoms with E-state index in [1.165, 1.54) is 0 Å². The molecule has 0 fully saturated rings. The van der Waals surface area contributed by atoms with Crippen molar-refractivity contribution in [3.8, 4) is 11.5 Å². The summed E-state index contributed by atoms with van der Waals surface area (Å²) in [5.74, 6) is 0.871. The van der Waals surface area contributed by atoms with E-state index in [0.29, 0.717) is 22.9 Å². The maximum absolute atomic E-state index is 13.5. The Morgan fingerprint density at radius 1 is 0.771 bits per heavy atom. The number of hydrogen-bond donors (Lipinski definition) is 1. The number of para-hydroxylation sites is 1. The van der Waals surface area contributed by atoms with E-state index in [-0.39, 0.29) is 11.4 Å². The summed E-state index contributed by atoms with van der Waals surface area (Å²) in [6, 6.07) is 29.9. The molecule has 4 rings (SSSR count). The highest BCUT2D eigenvalue weighted by Crippen LogP contribution is 2.26. The van der Waals surface area contributed by atoms with Gasteiger partial charge in [-0.1, -0.05) is 48.0 Å². The number of nitrogens with zero attached hydrogens (tertiary/aromatic N) is 1. The molecule has 178 valence electrons. The van der Waals surface area contributed by atoms with Crippen LogP contribution in [-0.2, 0) is 14.8 Å². The summed E-state index contributed by atoms with van der Waals surface area (Å²) in [5, 5.41) is 2.78. The molecule has 0 aliphatic carbocycles. The van der Waals surface area contributed by atoms with Crippen molar-refractivity contribution in [2.75, 3.05) is 16.2 Å². The summed E-state index contributed by atoms with van der Waals surface area (Å²) in [5.41, 5.74) is 2.80. The van der Waals surface area contributed by atoms with Crippen LogP contribution < -0.4 is 14.4 Å². The van der Waals surface area contributed by atoms with Gasteiger partial charge in [0, 0.05) is 5.69 Å². The minimum absolute atomic E-state index is 0.125. The first-order valence-corrected chi connectivity index (χ1v) is 12.5. The molecule has 1 amide bonds. The first kappa shape index (κ1) is 24.0. The molecule has 0 atom stereocenters. The second kappa shape index (κ2) is 10.4. The number of hydrogen-bond acceptors (Lipinski definition) is 4. The number of amides is 1. The van der Waals surface area contributed by atoms with Crippen LogP contribution in [0.4, 0.5) is 11.4 Å². The van der Waals surface area contributed by atoms with Crippen molar-refractivity contribution in [3.63, 3.8) is 0 Å². The summed E-state index contributed by atoms with van der Waals surface area (Å²) in [6.07, 6.45) is 0. The van der Waals surface area contributed by atoms with Gasteiger partial charge in [-0.2, -0.15) is 0 Å². The van der Waals surface area contributed by atoms with Crippen LogP contribution in [0, 0.1) is 13.8 Å². The number of sulfonamides is 1. The molecule has 4 aromatic carbocycles. The smallest absolute Gasteiger partial charge is 0.264 e. The highest BCUT2D eigenvalue weighted by atomic mass is 32.2. The second-order valence-electron chi connectivity index (χ2n) is 8.15.